The minimum absolute atomic E-state index is 0.0228. The van der Waals surface area contributed by atoms with Crippen molar-refractivity contribution in [3.8, 4) is 0 Å². The highest BCUT2D eigenvalue weighted by Gasteiger charge is 2.26. The van der Waals surface area contributed by atoms with E-state index < -0.39 is 7.60 Å². The van der Waals surface area contributed by atoms with E-state index in [1.807, 2.05) is 0 Å². The van der Waals surface area contributed by atoms with Crippen LogP contribution in [0, 0.1) is 5.92 Å². The fraction of sp³-hybridized carbons (Fsp3) is 0.923. The van der Waals surface area contributed by atoms with Gasteiger partial charge in [-0.15, -0.1) is 0 Å². The molecular formula is C13H27O4P. The first kappa shape index (κ1) is 17.8. The molecule has 0 aliphatic rings. The van der Waals surface area contributed by atoms with Crippen LogP contribution < -0.4 is 0 Å². The molecule has 0 aromatic rings. The van der Waals surface area contributed by atoms with Crippen LogP contribution in [0.5, 0.6) is 0 Å². The van der Waals surface area contributed by atoms with Crippen molar-refractivity contribution in [2.75, 3.05) is 20.4 Å². The van der Waals surface area contributed by atoms with Gasteiger partial charge in [-0.25, -0.2) is 0 Å². The van der Waals surface area contributed by atoms with Crippen LogP contribution in [-0.4, -0.2) is 26.2 Å². The zero-order valence-electron chi connectivity index (χ0n) is 12.1. The molecule has 4 nitrogen and oxygen atoms in total. The molecule has 0 aromatic carbocycles. The van der Waals surface area contributed by atoms with Gasteiger partial charge in [-0.2, -0.15) is 0 Å². The summed E-state index contributed by atoms with van der Waals surface area (Å²) in [5.74, 6) is 0.372. The predicted molar refractivity (Wildman–Crippen MR) is 74.0 cm³/mol. The smallest absolute Gasteiger partial charge is 0.312 e. The maximum Gasteiger partial charge on any atom is 0.337 e. The molecule has 0 saturated heterocycles. The number of hydrogen-bond donors (Lipinski definition) is 0. The molecule has 0 rings (SSSR count). The van der Waals surface area contributed by atoms with Crippen molar-refractivity contribution in [2.45, 2.75) is 52.4 Å². The summed E-state index contributed by atoms with van der Waals surface area (Å²) in [7, 11) is -0.554. The zero-order valence-corrected chi connectivity index (χ0v) is 13.0. The summed E-state index contributed by atoms with van der Waals surface area (Å²) in [4.78, 5) is 11.8. The summed E-state index contributed by atoms with van der Waals surface area (Å²) >= 11 is 0. The molecule has 0 N–H and O–H groups in total. The lowest BCUT2D eigenvalue weighted by atomic mass is 9.94. The summed E-state index contributed by atoms with van der Waals surface area (Å²) < 4.78 is 21.4. The van der Waals surface area contributed by atoms with E-state index in [2.05, 4.69) is 13.8 Å². The second-order valence-electron chi connectivity index (χ2n) is 4.65. The third-order valence-electron chi connectivity index (χ3n) is 3.24. The Labute approximate surface area is 111 Å². The molecule has 0 spiro atoms. The van der Waals surface area contributed by atoms with Crippen LogP contribution in [-0.2, 0) is 18.4 Å². The average Bonchev–Trinajstić information content (AvgIpc) is 2.37. The Kier molecular flexibility index (Phi) is 9.61. The quantitative estimate of drug-likeness (QED) is 0.423. The van der Waals surface area contributed by atoms with E-state index in [0.29, 0.717) is 12.3 Å². The average molecular weight is 278 g/mol. The van der Waals surface area contributed by atoms with Gasteiger partial charge >= 0.3 is 7.60 Å². The van der Waals surface area contributed by atoms with Gasteiger partial charge in [0.2, 0.25) is 0 Å². The fourth-order valence-electron chi connectivity index (χ4n) is 1.94. The molecule has 0 aliphatic carbocycles. The van der Waals surface area contributed by atoms with Crippen molar-refractivity contribution in [3.05, 3.63) is 0 Å². The Morgan fingerprint density at radius 2 is 1.78 bits per heavy atom. The Morgan fingerprint density at radius 3 is 2.22 bits per heavy atom. The van der Waals surface area contributed by atoms with Gasteiger partial charge in [-0.3, -0.25) is 9.36 Å². The molecule has 1 atom stereocenters. The monoisotopic (exact) mass is 278 g/mol. The number of rotatable bonds is 11. The van der Waals surface area contributed by atoms with Crippen LogP contribution >= 0.6 is 7.60 Å². The van der Waals surface area contributed by atoms with Crippen LogP contribution in [0.15, 0.2) is 0 Å². The van der Waals surface area contributed by atoms with Gasteiger partial charge in [-0.1, -0.05) is 46.0 Å². The Morgan fingerprint density at radius 1 is 1.17 bits per heavy atom. The highest BCUT2D eigenvalue weighted by atomic mass is 31.2. The summed E-state index contributed by atoms with van der Waals surface area (Å²) in [6.07, 6.45) is 5.99. The molecular weight excluding hydrogens is 251 g/mol. The second-order valence-corrected chi connectivity index (χ2v) is 6.92. The largest absolute Gasteiger partial charge is 0.337 e. The lowest BCUT2D eigenvalue weighted by Gasteiger charge is -2.16. The van der Waals surface area contributed by atoms with Crippen molar-refractivity contribution in [2.24, 2.45) is 5.92 Å². The first-order chi connectivity index (χ1) is 8.51. The molecule has 18 heavy (non-hydrogen) atoms. The Bertz CT molecular complexity index is 270. The van der Waals surface area contributed by atoms with Gasteiger partial charge in [0, 0.05) is 20.6 Å². The van der Waals surface area contributed by atoms with Gasteiger partial charge in [0.25, 0.3) is 0 Å². The standard InChI is InChI=1S/C13H27O4P/c1-5-7-8-9-12(6-2)10-13(14)11-18(15,16-3)17-4/h12H,5-11H2,1-4H3. The number of Topliss-reactive ketones (excluding diaryl/α,β-unsaturated/α-hetero) is 1. The van der Waals surface area contributed by atoms with Crippen molar-refractivity contribution in [3.63, 3.8) is 0 Å². The normalized spacial score (nSPS) is 13.6. The molecule has 0 radical (unpaired) electrons. The molecule has 0 fully saturated rings. The molecule has 0 heterocycles. The molecule has 1 unspecified atom stereocenters. The lowest BCUT2D eigenvalue weighted by Crippen LogP contribution is -2.13. The minimum Gasteiger partial charge on any atom is -0.312 e. The van der Waals surface area contributed by atoms with Gasteiger partial charge in [-0.05, 0) is 5.92 Å². The summed E-state index contributed by atoms with van der Waals surface area (Å²) in [5, 5.41) is 0. The maximum atomic E-state index is 11.8. The van der Waals surface area contributed by atoms with Gasteiger partial charge in [0.1, 0.15) is 11.9 Å². The van der Waals surface area contributed by atoms with E-state index in [0.717, 1.165) is 19.3 Å². The number of unbranched alkanes of at least 4 members (excludes halogenated alkanes) is 2. The molecule has 0 aromatic heterocycles. The topological polar surface area (TPSA) is 52.6 Å². The fourth-order valence-corrected chi connectivity index (χ4v) is 2.91. The highest BCUT2D eigenvalue weighted by molar-refractivity contribution is 7.54. The minimum atomic E-state index is -3.19. The van der Waals surface area contributed by atoms with E-state index in [-0.39, 0.29) is 11.9 Å². The van der Waals surface area contributed by atoms with Crippen LogP contribution in [0.3, 0.4) is 0 Å². The third kappa shape index (κ3) is 7.30. The van der Waals surface area contributed by atoms with Crippen LogP contribution in [0.1, 0.15) is 52.4 Å². The number of ketones is 1. The first-order valence-electron chi connectivity index (χ1n) is 6.73. The maximum absolute atomic E-state index is 11.8. The van der Waals surface area contributed by atoms with Crippen molar-refractivity contribution in [1.29, 1.82) is 0 Å². The number of carbonyl (C=O) groups excluding carboxylic acids is 1. The lowest BCUT2D eigenvalue weighted by molar-refractivity contribution is -0.117. The first-order valence-corrected chi connectivity index (χ1v) is 8.46. The van der Waals surface area contributed by atoms with Crippen LogP contribution in [0.25, 0.3) is 0 Å². The summed E-state index contributed by atoms with van der Waals surface area (Å²) in [6.45, 7) is 4.26. The van der Waals surface area contributed by atoms with E-state index in [9.17, 15) is 9.36 Å². The number of carbonyl (C=O) groups is 1. The summed E-state index contributed by atoms with van der Waals surface area (Å²) in [6, 6.07) is 0. The van der Waals surface area contributed by atoms with Gasteiger partial charge in [0.15, 0.2) is 0 Å². The zero-order chi connectivity index (χ0) is 14.0. The molecule has 5 heteroatoms. The molecule has 0 aliphatic heterocycles. The molecule has 0 bridgehead atoms. The molecule has 0 saturated carbocycles. The van der Waals surface area contributed by atoms with E-state index in [4.69, 9.17) is 9.05 Å². The number of hydrogen-bond acceptors (Lipinski definition) is 4. The van der Waals surface area contributed by atoms with Crippen LogP contribution in [0.4, 0.5) is 0 Å². The molecule has 0 amide bonds. The van der Waals surface area contributed by atoms with Crippen molar-refractivity contribution >= 4 is 13.4 Å². The second kappa shape index (κ2) is 9.71. The Balaban J connectivity index is 4.14. The van der Waals surface area contributed by atoms with E-state index >= 15 is 0 Å². The SMILES string of the molecule is CCCCCC(CC)CC(=O)CP(=O)(OC)OC. The third-order valence-corrected chi connectivity index (χ3v) is 5.09. The van der Waals surface area contributed by atoms with Crippen LogP contribution in [0.2, 0.25) is 0 Å². The summed E-state index contributed by atoms with van der Waals surface area (Å²) in [5.41, 5.74) is 0. The van der Waals surface area contributed by atoms with Crippen molar-refractivity contribution in [1.82, 2.24) is 0 Å². The molecule has 108 valence electrons. The van der Waals surface area contributed by atoms with Crippen molar-refractivity contribution < 1.29 is 18.4 Å². The van der Waals surface area contributed by atoms with Gasteiger partial charge < -0.3 is 9.05 Å². The van der Waals surface area contributed by atoms with E-state index in [1.165, 1.54) is 27.1 Å². The Hall–Kier alpha value is -0.180. The predicted octanol–water partition coefficient (Wildman–Crippen LogP) is 4.04. The highest BCUT2D eigenvalue weighted by Crippen LogP contribution is 2.46. The van der Waals surface area contributed by atoms with Gasteiger partial charge in [0.05, 0.1) is 0 Å². The van der Waals surface area contributed by atoms with E-state index in [1.54, 1.807) is 0 Å².